The maximum Gasteiger partial charge on any atom is 0.264 e. The van der Waals surface area contributed by atoms with Crippen molar-refractivity contribution >= 4 is 37.2 Å². The lowest BCUT2D eigenvalue weighted by Crippen LogP contribution is -2.44. The highest BCUT2D eigenvalue weighted by atomic mass is 32.2. The van der Waals surface area contributed by atoms with Crippen molar-refractivity contribution in [3.8, 4) is 6.07 Å². The lowest BCUT2D eigenvalue weighted by molar-refractivity contribution is 0.204. The van der Waals surface area contributed by atoms with E-state index in [-0.39, 0.29) is 23.8 Å². The average Bonchev–Trinajstić information content (AvgIpc) is 3.64. The fraction of sp³-hybridized carbons (Fsp3) is 0.231. The first kappa shape index (κ1) is 28.5. The number of hydrogen-bond donors (Lipinski definition) is 2. The van der Waals surface area contributed by atoms with Crippen molar-refractivity contribution in [1.82, 2.24) is 14.3 Å². The molecule has 0 bridgehead atoms. The van der Waals surface area contributed by atoms with Crippen molar-refractivity contribution in [1.29, 1.82) is 5.26 Å². The summed E-state index contributed by atoms with van der Waals surface area (Å²) in [6, 6.07) is 18.6. The number of H-pyrrole nitrogens is 1. The number of aromatic amines is 1. The van der Waals surface area contributed by atoms with Crippen LogP contribution in [0.25, 0.3) is 0 Å². The van der Waals surface area contributed by atoms with Gasteiger partial charge in [-0.3, -0.25) is 4.18 Å². The number of benzene rings is 2. The van der Waals surface area contributed by atoms with Crippen molar-refractivity contribution in [3.63, 3.8) is 0 Å². The Labute approximate surface area is 232 Å². The summed E-state index contributed by atoms with van der Waals surface area (Å²) in [5.41, 5.74) is 3.16. The second-order valence-corrected chi connectivity index (χ2v) is 13.4. The Hall–Kier alpha value is -3.54. The molecule has 0 spiro atoms. The SMILES string of the molecule is CS(=O)(=O)OC[C@@H](Cc1ccccc1)N(Cc1cc(C#N)ccc1NCc1cnc[nH]1)S(=O)(=O)c1cccs1. The molecule has 4 rings (SSSR count). The fourth-order valence-corrected chi connectivity index (χ4v) is 7.09. The zero-order valence-electron chi connectivity index (χ0n) is 21.0. The molecule has 0 radical (unpaired) electrons. The smallest absolute Gasteiger partial charge is 0.264 e. The van der Waals surface area contributed by atoms with Gasteiger partial charge in [0.05, 0.1) is 49.1 Å². The second kappa shape index (κ2) is 12.5. The summed E-state index contributed by atoms with van der Waals surface area (Å²) in [5.74, 6) is 0. The van der Waals surface area contributed by atoms with Crippen LogP contribution >= 0.6 is 11.3 Å². The molecule has 0 unspecified atom stereocenters. The number of imidazole rings is 1. The number of nitrogens with zero attached hydrogens (tertiary/aromatic N) is 3. The van der Waals surface area contributed by atoms with E-state index in [0.29, 0.717) is 23.4 Å². The second-order valence-electron chi connectivity index (χ2n) is 8.73. The van der Waals surface area contributed by atoms with Gasteiger partial charge in [-0.15, -0.1) is 11.3 Å². The Morgan fingerprint density at radius 2 is 1.92 bits per heavy atom. The molecule has 10 nitrogen and oxygen atoms in total. The molecule has 2 aromatic carbocycles. The van der Waals surface area contributed by atoms with Gasteiger partial charge < -0.3 is 10.3 Å². The van der Waals surface area contributed by atoms with Gasteiger partial charge in [0.25, 0.3) is 20.1 Å². The number of hydrogen-bond acceptors (Lipinski definition) is 9. The molecule has 204 valence electrons. The van der Waals surface area contributed by atoms with Gasteiger partial charge in [0.1, 0.15) is 4.21 Å². The first-order valence-corrected chi connectivity index (χ1v) is 16.0. The third-order valence-corrected chi connectivity index (χ3v) is 9.67. The molecule has 0 saturated heterocycles. The van der Waals surface area contributed by atoms with Crippen molar-refractivity contribution < 1.29 is 21.0 Å². The van der Waals surface area contributed by atoms with E-state index in [9.17, 15) is 22.1 Å². The van der Waals surface area contributed by atoms with Gasteiger partial charge >= 0.3 is 0 Å². The molecule has 0 fully saturated rings. The standard InChI is InChI=1S/C26H27N5O5S3/c1-38(32,33)36-18-24(13-20-6-3-2-4-7-20)31(39(34,35)26-8-5-11-37-26)17-22-12-21(14-27)9-10-25(22)29-16-23-15-28-19-30-23/h2-12,15,19,24,29H,13,16-18H2,1H3,(H,28,30)/t24-/m1/s1. The Morgan fingerprint density at radius 1 is 1.13 bits per heavy atom. The van der Waals surface area contributed by atoms with E-state index in [1.807, 2.05) is 30.3 Å². The van der Waals surface area contributed by atoms with Gasteiger partial charge in [-0.2, -0.15) is 18.0 Å². The van der Waals surface area contributed by atoms with Crippen LogP contribution in [0.15, 0.2) is 82.8 Å². The van der Waals surface area contributed by atoms with Crippen molar-refractivity contribution in [2.24, 2.45) is 0 Å². The molecule has 39 heavy (non-hydrogen) atoms. The number of anilines is 1. The average molecular weight is 586 g/mol. The summed E-state index contributed by atoms with van der Waals surface area (Å²) < 4.78 is 58.4. The maximum absolute atomic E-state index is 14.0. The summed E-state index contributed by atoms with van der Waals surface area (Å²) in [6.45, 7) is -0.125. The number of nitrogens with one attached hydrogen (secondary N) is 2. The molecule has 2 aromatic heterocycles. The van der Waals surface area contributed by atoms with E-state index in [4.69, 9.17) is 4.18 Å². The molecule has 0 aliphatic heterocycles. The summed E-state index contributed by atoms with van der Waals surface area (Å²) in [7, 11) is -7.94. The van der Waals surface area contributed by atoms with Gasteiger partial charge in [0, 0.05) is 18.4 Å². The molecular formula is C26H27N5O5S3. The number of rotatable bonds is 13. The van der Waals surface area contributed by atoms with Crippen LogP contribution in [-0.4, -0.2) is 50.0 Å². The summed E-state index contributed by atoms with van der Waals surface area (Å²) in [5, 5.41) is 14.5. The van der Waals surface area contributed by atoms with E-state index in [0.717, 1.165) is 28.8 Å². The van der Waals surface area contributed by atoms with Crippen LogP contribution in [0.4, 0.5) is 5.69 Å². The van der Waals surface area contributed by atoms with E-state index in [2.05, 4.69) is 21.4 Å². The fourth-order valence-electron chi connectivity index (χ4n) is 3.97. The number of nitriles is 1. The monoisotopic (exact) mass is 585 g/mol. The molecule has 4 aromatic rings. The van der Waals surface area contributed by atoms with Gasteiger partial charge in [-0.25, -0.2) is 13.4 Å². The minimum atomic E-state index is -4.09. The van der Waals surface area contributed by atoms with Gasteiger partial charge in [0.15, 0.2) is 0 Å². The maximum atomic E-state index is 14.0. The van der Waals surface area contributed by atoms with Crippen molar-refractivity contribution in [3.05, 3.63) is 101 Å². The van der Waals surface area contributed by atoms with Crippen molar-refractivity contribution in [2.75, 3.05) is 18.2 Å². The first-order chi connectivity index (χ1) is 18.7. The first-order valence-electron chi connectivity index (χ1n) is 11.8. The highest BCUT2D eigenvalue weighted by Gasteiger charge is 2.34. The minimum Gasteiger partial charge on any atom is -0.379 e. The summed E-state index contributed by atoms with van der Waals surface area (Å²) >= 11 is 1.07. The molecule has 2 heterocycles. The predicted molar refractivity (Wildman–Crippen MR) is 149 cm³/mol. The quantitative estimate of drug-likeness (QED) is 0.226. The number of thiophene rings is 1. The van der Waals surface area contributed by atoms with Crippen LogP contribution in [-0.2, 0) is 43.8 Å². The van der Waals surface area contributed by atoms with Gasteiger partial charge in [-0.1, -0.05) is 36.4 Å². The molecule has 0 amide bonds. The summed E-state index contributed by atoms with van der Waals surface area (Å²) in [4.78, 5) is 7.01. The molecule has 2 N–H and O–H groups in total. The Bertz CT molecular complexity index is 1620. The Morgan fingerprint density at radius 3 is 2.56 bits per heavy atom. The molecular weight excluding hydrogens is 559 g/mol. The van der Waals surface area contributed by atoms with Crippen LogP contribution in [0.1, 0.15) is 22.4 Å². The third kappa shape index (κ3) is 7.75. The van der Waals surface area contributed by atoms with Crippen LogP contribution in [0, 0.1) is 11.3 Å². The van der Waals surface area contributed by atoms with E-state index >= 15 is 0 Å². The highest BCUT2D eigenvalue weighted by Crippen LogP contribution is 2.29. The van der Waals surface area contributed by atoms with Crippen LogP contribution < -0.4 is 5.32 Å². The van der Waals surface area contributed by atoms with Gasteiger partial charge in [0.2, 0.25) is 0 Å². The predicted octanol–water partition coefficient (Wildman–Crippen LogP) is 3.73. The van der Waals surface area contributed by atoms with E-state index in [1.54, 1.807) is 42.2 Å². The highest BCUT2D eigenvalue weighted by molar-refractivity contribution is 7.91. The van der Waals surface area contributed by atoms with Gasteiger partial charge in [-0.05, 0) is 47.2 Å². The van der Waals surface area contributed by atoms with Crippen LogP contribution in [0.3, 0.4) is 0 Å². The lowest BCUT2D eigenvalue weighted by atomic mass is 10.0. The number of sulfonamides is 1. The molecule has 0 aliphatic rings. The molecule has 0 aliphatic carbocycles. The minimum absolute atomic E-state index is 0.114. The number of aromatic nitrogens is 2. The molecule has 13 heteroatoms. The zero-order chi connectivity index (χ0) is 27.9. The Balaban J connectivity index is 1.77. The largest absolute Gasteiger partial charge is 0.379 e. The van der Waals surface area contributed by atoms with E-state index in [1.165, 1.54) is 10.4 Å². The topological polar surface area (TPSA) is 145 Å². The summed E-state index contributed by atoms with van der Waals surface area (Å²) in [6.07, 6.45) is 4.36. The zero-order valence-corrected chi connectivity index (χ0v) is 23.5. The Kier molecular flexibility index (Phi) is 9.16. The van der Waals surface area contributed by atoms with Crippen LogP contribution in [0.2, 0.25) is 0 Å². The van der Waals surface area contributed by atoms with E-state index < -0.39 is 26.2 Å². The van der Waals surface area contributed by atoms with Crippen molar-refractivity contribution in [2.45, 2.75) is 29.8 Å². The van der Waals surface area contributed by atoms with Crippen LogP contribution in [0.5, 0.6) is 0 Å². The lowest BCUT2D eigenvalue weighted by Gasteiger charge is -2.31. The molecule has 1 atom stereocenters. The normalized spacial score (nSPS) is 12.7. The third-order valence-electron chi connectivity index (χ3n) is 5.84. The molecule has 0 saturated carbocycles.